The molecule has 0 aromatic heterocycles. The minimum atomic E-state index is 0.0314. The summed E-state index contributed by atoms with van der Waals surface area (Å²) in [6.07, 6.45) is 0. The zero-order chi connectivity index (χ0) is 18.6. The zero-order valence-corrected chi connectivity index (χ0v) is 15.8. The summed E-state index contributed by atoms with van der Waals surface area (Å²) in [5.41, 5.74) is 5.61. The van der Waals surface area contributed by atoms with Gasteiger partial charge < -0.3 is 14.4 Å². The number of ether oxygens (including phenoxy) is 2. The van der Waals surface area contributed by atoms with E-state index in [9.17, 15) is 4.79 Å². The number of benzene rings is 2. The Kier molecular flexibility index (Phi) is 5.53. The van der Waals surface area contributed by atoms with Gasteiger partial charge in [-0.1, -0.05) is 36.4 Å². The second-order valence-electron chi connectivity index (χ2n) is 7.15. The number of anilines is 1. The van der Waals surface area contributed by atoms with Gasteiger partial charge in [-0.05, 0) is 29.7 Å². The second kappa shape index (κ2) is 8.21. The Morgan fingerprint density at radius 2 is 1.78 bits per heavy atom. The molecule has 5 nitrogen and oxygen atoms in total. The minimum absolute atomic E-state index is 0.0314. The fraction of sp³-hybridized carbons (Fsp3) is 0.409. The van der Waals surface area contributed by atoms with Crippen LogP contribution in [0.1, 0.15) is 11.1 Å². The largest absolute Gasteiger partial charge is 0.379 e. The van der Waals surface area contributed by atoms with E-state index < -0.39 is 0 Å². The summed E-state index contributed by atoms with van der Waals surface area (Å²) >= 11 is 0. The first-order chi connectivity index (χ1) is 13.2. The Morgan fingerprint density at radius 3 is 2.59 bits per heavy atom. The number of hydrogen-bond acceptors (Lipinski definition) is 4. The van der Waals surface area contributed by atoms with Crippen molar-refractivity contribution in [2.24, 2.45) is 0 Å². The molecule has 2 aromatic rings. The van der Waals surface area contributed by atoms with Crippen LogP contribution in [0.25, 0.3) is 11.1 Å². The molecule has 27 heavy (non-hydrogen) atoms. The number of aryl methyl sites for hydroxylation is 1. The number of amides is 1. The molecule has 4 rings (SSSR count). The molecule has 0 saturated carbocycles. The molecular weight excluding hydrogens is 340 g/mol. The van der Waals surface area contributed by atoms with Crippen LogP contribution in [-0.4, -0.2) is 56.8 Å². The normalized spacial score (nSPS) is 18.3. The maximum atomic E-state index is 12.7. The lowest BCUT2D eigenvalue weighted by atomic mass is 9.98. The lowest BCUT2D eigenvalue weighted by molar-refractivity contribution is -0.123. The van der Waals surface area contributed by atoms with Crippen LogP contribution in [0.15, 0.2) is 42.5 Å². The maximum Gasteiger partial charge on any atom is 0.253 e. The minimum Gasteiger partial charge on any atom is -0.379 e. The van der Waals surface area contributed by atoms with Gasteiger partial charge in [0.25, 0.3) is 5.91 Å². The van der Waals surface area contributed by atoms with Crippen molar-refractivity contribution in [3.8, 4) is 11.1 Å². The molecule has 2 aromatic carbocycles. The van der Waals surface area contributed by atoms with E-state index in [0.717, 1.165) is 49.7 Å². The van der Waals surface area contributed by atoms with Crippen LogP contribution in [0.2, 0.25) is 0 Å². The first-order valence-corrected chi connectivity index (χ1v) is 9.59. The molecule has 2 aliphatic heterocycles. The second-order valence-corrected chi connectivity index (χ2v) is 7.15. The van der Waals surface area contributed by atoms with Gasteiger partial charge in [0, 0.05) is 37.4 Å². The topological polar surface area (TPSA) is 42.0 Å². The summed E-state index contributed by atoms with van der Waals surface area (Å²) in [5.74, 6) is 0.0314. The standard InChI is InChI=1S/C22H26N2O3/c1-17-4-2-3-5-20(17)18-6-7-19-15-27-16-22(25)24(21(19)14-18)9-8-23-10-12-26-13-11-23/h2-7,14H,8-13,15-16H2,1H3. The predicted molar refractivity (Wildman–Crippen MR) is 106 cm³/mol. The van der Waals surface area contributed by atoms with Crippen molar-refractivity contribution in [2.75, 3.05) is 50.9 Å². The maximum absolute atomic E-state index is 12.7. The number of morpholine rings is 1. The van der Waals surface area contributed by atoms with Gasteiger partial charge in [0.1, 0.15) is 6.61 Å². The third-order valence-corrected chi connectivity index (χ3v) is 5.36. The van der Waals surface area contributed by atoms with Crippen LogP contribution in [0.5, 0.6) is 0 Å². The van der Waals surface area contributed by atoms with Gasteiger partial charge in [-0.15, -0.1) is 0 Å². The molecule has 1 fully saturated rings. The lowest BCUT2D eigenvalue weighted by Gasteiger charge is -2.30. The molecule has 0 atom stereocenters. The summed E-state index contributed by atoms with van der Waals surface area (Å²) in [7, 11) is 0. The first kappa shape index (κ1) is 18.2. The Hall–Kier alpha value is -2.21. The van der Waals surface area contributed by atoms with Gasteiger partial charge >= 0.3 is 0 Å². The summed E-state index contributed by atoms with van der Waals surface area (Å²) in [6, 6.07) is 14.7. The number of carbonyl (C=O) groups excluding carboxylic acids is 1. The highest BCUT2D eigenvalue weighted by Crippen LogP contribution is 2.32. The molecule has 0 spiro atoms. The van der Waals surface area contributed by atoms with Crippen LogP contribution < -0.4 is 4.90 Å². The molecule has 0 bridgehead atoms. The van der Waals surface area contributed by atoms with Crippen molar-refractivity contribution in [3.63, 3.8) is 0 Å². The molecule has 1 amide bonds. The summed E-state index contributed by atoms with van der Waals surface area (Å²) in [6.45, 7) is 7.64. The lowest BCUT2D eigenvalue weighted by Crippen LogP contribution is -2.43. The molecule has 1 saturated heterocycles. The average Bonchev–Trinajstić information content (AvgIpc) is 2.85. The van der Waals surface area contributed by atoms with Gasteiger partial charge in [0.05, 0.1) is 19.8 Å². The quantitative estimate of drug-likeness (QED) is 0.834. The molecule has 142 valence electrons. The third-order valence-electron chi connectivity index (χ3n) is 5.36. The van der Waals surface area contributed by atoms with E-state index in [1.165, 1.54) is 11.1 Å². The van der Waals surface area contributed by atoms with E-state index in [0.29, 0.717) is 13.2 Å². The van der Waals surface area contributed by atoms with E-state index in [-0.39, 0.29) is 12.5 Å². The van der Waals surface area contributed by atoms with Crippen molar-refractivity contribution in [2.45, 2.75) is 13.5 Å². The van der Waals surface area contributed by atoms with Crippen molar-refractivity contribution >= 4 is 11.6 Å². The summed E-state index contributed by atoms with van der Waals surface area (Å²) in [5, 5.41) is 0. The molecule has 5 heteroatoms. The van der Waals surface area contributed by atoms with E-state index >= 15 is 0 Å². The third kappa shape index (κ3) is 4.05. The van der Waals surface area contributed by atoms with Gasteiger partial charge in [0.2, 0.25) is 0 Å². The van der Waals surface area contributed by atoms with Crippen LogP contribution in [0.4, 0.5) is 5.69 Å². The molecule has 0 unspecified atom stereocenters. The molecule has 2 heterocycles. The number of carbonyl (C=O) groups is 1. The monoisotopic (exact) mass is 366 g/mol. The highest BCUT2D eigenvalue weighted by Gasteiger charge is 2.24. The number of rotatable bonds is 4. The number of hydrogen-bond donors (Lipinski definition) is 0. The molecule has 0 radical (unpaired) electrons. The Labute approximate surface area is 160 Å². The van der Waals surface area contributed by atoms with E-state index in [1.807, 2.05) is 11.0 Å². The predicted octanol–water partition coefficient (Wildman–Crippen LogP) is 2.86. The van der Waals surface area contributed by atoms with Gasteiger partial charge in [-0.3, -0.25) is 9.69 Å². The number of nitrogens with zero attached hydrogens (tertiary/aromatic N) is 2. The molecule has 2 aliphatic rings. The average molecular weight is 366 g/mol. The SMILES string of the molecule is Cc1ccccc1-c1ccc2c(c1)N(CCN1CCOCC1)C(=O)COC2. The Balaban J connectivity index is 1.63. The van der Waals surface area contributed by atoms with Gasteiger partial charge in [-0.25, -0.2) is 0 Å². The Bertz CT molecular complexity index is 815. The van der Waals surface area contributed by atoms with Crippen LogP contribution >= 0.6 is 0 Å². The first-order valence-electron chi connectivity index (χ1n) is 9.59. The van der Waals surface area contributed by atoms with E-state index in [1.54, 1.807) is 0 Å². The van der Waals surface area contributed by atoms with E-state index in [2.05, 4.69) is 48.2 Å². The van der Waals surface area contributed by atoms with Gasteiger partial charge in [0.15, 0.2) is 0 Å². The van der Waals surface area contributed by atoms with Crippen molar-refractivity contribution in [1.29, 1.82) is 0 Å². The molecule has 0 N–H and O–H groups in total. The summed E-state index contributed by atoms with van der Waals surface area (Å²) < 4.78 is 11.0. The smallest absolute Gasteiger partial charge is 0.253 e. The highest BCUT2D eigenvalue weighted by molar-refractivity contribution is 5.96. The number of fused-ring (bicyclic) bond motifs is 1. The molecular formula is C22H26N2O3. The van der Waals surface area contributed by atoms with Crippen LogP contribution in [-0.2, 0) is 20.9 Å². The molecule has 0 aliphatic carbocycles. The van der Waals surface area contributed by atoms with Crippen LogP contribution in [0.3, 0.4) is 0 Å². The van der Waals surface area contributed by atoms with Crippen molar-refractivity contribution < 1.29 is 14.3 Å². The summed E-state index contributed by atoms with van der Waals surface area (Å²) in [4.78, 5) is 17.0. The van der Waals surface area contributed by atoms with Crippen molar-refractivity contribution in [3.05, 3.63) is 53.6 Å². The van der Waals surface area contributed by atoms with Crippen molar-refractivity contribution in [1.82, 2.24) is 4.90 Å². The Morgan fingerprint density at radius 1 is 0.963 bits per heavy atom. The fourth-order valence-electron chi connectivity index (χ4n) is 3.77. The van der Waals surface area contributed by atoms with E-state index in [4.69, 9.17) is 9.47 Å². The fourth-order valence-corrected chi connectivity index (χ4v) is 3.77. The highest BCUT2D eigenvalue weighted by atomic mass is 16.5. The van der Waals surface area contributed by atoms with Gasteiger partial charge in [-0.2, -0.15) is 0 Å². The van der Waals surface area contributed by atoms with Crippen LogP contribution in [0, 0.1) is 6.92 Å². The zero-order valence-electron chi connectivity index (χ0n) is 15.8.